The predicted octanol–water partition coefficient (Wildman–Crippen LogP) is 0.654. The first kappa shape index (κ1) is 12.8. The summed E-state index contributed by atoms with van der Waals surface area (Å²) in [5.74, 6) is 0.981. The van der Waals surface area contributed by atoms with E-state index in [-0.39, 0.29) is 18.2 Å². The second-order valence-electron chi connectivity index (χ2n) is 3.79. The molecular formula is C10H15N3O4S. The maximum absolute atomic E-state index is 11.7. The summed E-state index contributed by atoms with van der Waals surface area (Å²) in [6, 6.07) is 3.03. The lowest BCUT2D eigenvalue weighted by molar-refractivity contribution is 0.174. The van der Waals surface area contributed by atoms with Crippen LogP contribution in [0.15, 0.2) is 12.1 Å². The largest absolute Gasteiger partial charge is 0.454 e. The van der Waals surface area contributed by atoms with Crippen molar-refractivity contribution < 1.29 is 17.9 Å². The number of nitrogens with two attached hydrogens (primary N) is 1. The maximum Gasteiger partial charge on any atom is 0.299 e. The van der Waals surface area contributed by atoms with Crippen LogP contribution in [0.1, 0.15) is 13.3 Å². The third-order valence-electron chi connectivity index (χ3n) is 2.33. The van der Waals surface area contributed by atoms with Gasteiger partial charge in [-0.3, -0.25) is 4.72 Å². The number of nitrogens with one attached hydrogen (secondary N) is 2. The summed E-state index contributed by atoms with van der Waals surface area (Å²) in [6.45, 7) is 2.34. The zero-order chi connectivity index (χ0) is 13.2. The van der Waals surface area contributed by atoms with Gasteiger partial charge >= 0.3 is 0 Å². The van der Waals surface area contributed by atoms with E-state index in [1.54, 1.807) is 0 Å². The van der Waals surface area contributed by atoms with Crippen molar-refractivity contribution in [3.8, 4) is 11.5 Å². The lowest BCUT2D eigenvalue weighted by Gasteiger charge is -2.11. The molecule has 8 heteroatoms. The van der Waals surface area contributed by atoms with Crippen LogP contribution in [0.2, 0.25) is 0 Å². The molecule has 0 atom stereocenters. The molecule has 0 unspecified atom stereocenters. The van der Waals surface area contributed by atoms with Gasteiger partial charge < -0.3 is 15.2 Å². The SMILES string of the molecule is CCCNS(=O)(=O)Nc1cc2c(cc1N)OCO2. The Labute approximate surface area is 105 Å². The molecule has 0 radical (unpaired) electrons. The van der Waals surface area contributed by atoms with Gasteiger partial charge in [0.2, 0.25) is 6.79 Å². The second kappa shape index (κ2) is 4.91. The van der Waals surface area contributed by atoms with Gasteiger partial charge in [-0.15, -0.1) is 0 Å². The van der Waals surface area contributed by atoms with E-state index in [0.717, 1.165) is 0 Å². The van der Waals surface area contributed by atoms with Gasteiger partial charge in [0, 0.05) is 18.7 Å². The Morgan fingerprint density at radius 2 is 2.00 bits per heavy atom. The average molecular weight is 273 g/mol. The summed E-state index contributed by atoms with van der Waals surface area (Å²) in [4.78, 5) is 0. The fourth-order valence-corrected chi connectivity index (χ4v) is 2.47. The highest BCUT2D eigenvalue weighted by molar-refractivity contribution is 7.90. The van der Waals surface area contributed by atoms with Crippen LogP contribution in [0.4, 0.5) is 11.4 Å². The summed E-state index contributed by atoms with van der Waals surface area (Å²) in [7, 11) is -3.61. The second-order valence-corrected chi connectivity index (χ2v) is 5.29. The fraction of sp³-hybridized carbons (Fsp3) is 0.400. The molecule has 0 saturated carbocycles. The van der Waals surface area contributed by atoms with Crippen molar-refractivity contribution in [2.75, 3.05) is 23.8 Å². The van der Waals surface area contributed by atoms with Crippen LogP contribution in [-0.2, 0) is 10.2 Å². The topological polar surface area (TPSA) is 103 Å². The monoisotopic (exact) mass is 273 g/mol. The van der Waals surface area contributed by atoms with Crippen molar-refractivity contribution in [2.45, 2.75) is 13.3 Å². The standard InChI is InChI=1S/C10H15N3O4S/c1-2-3-12-18(14,15)13-8-5-10-9(4-7(8)11)16-6-17-10/h4-5,12-13H,2-3,6,11H2,1H3. The summed E-state index contributed by atoms with van der Waals surface area (Å²) in [6.07, 6.45) is 0.706. The molecule has 1 aromatic rings. The Bertz CT molecular complexity index is 544. The Morgan fingerprint density at radius 3 is 2.67 bits per heavy atom. The molecule has 0 aliphatic carbocycles. The number of fused-ring (bicyclic) bond motifs is 1. The highest BCUT2D eigenvalue weighted by Gasteiger charge is 2.18. The molecule has 0 fully saturated rings. The Balaban J connectivity index is 2.19. The molecule has 7 nitrogen and oxygen atoms in total. The molecule has 18 heavy (non-hydrogen) atoms. The van der Waals surface area contributed by atoms with Gasteiger partial charge in [-0.25, -0.2) is 0 Å². The zero-order valence-corrected chi connectivity index (χ0v) is 10.7. The minimum Gasteiger partial charge on any atom is -0.454 e. The molecule has 1 heterocycles. The molecular weight excluding hydrogens is 258 g/mol. The van der Waals surface area contributed by atoms with Crippen LogP contribution >= 0.6 is 0 Å². The molecule has 1 aromatic carbocycles. The fourth-order valence-electron chi connectivity index (χ4n) is 1.46. The number of hydrogen-bond acceptors (Lipinski definition) is 5. The molecule has 0 bridgehead atoms. The van der Waals surface area contributed by atoms with Crippen molar-refractivity contribution in [3.63, 3.8) is 0 Å². The Kier molecular flexibility index (Phi) is 3.48. The molecule has 1 aliphatic heterocycles. The molecule has 0 aromatic heterocycles. The van der Waals surface area contributed by atoms with Gasteiger partial charge in [0.25, 0.3) is 10.2 Å². The summed E-state index contributed by atoms with van der Waals surface area (Å²) < 4.78 is 38.4. The average Bonchev–Trinajstić information content (AvgIpc) is 2.73. The molecule has 0 saturated heterocycles. The van der Waals surface area contributed by atoms with E-state index in [1.807, 2.05) is 6.92 Å². The number of hydrogen-bond donors (Lipinski definition) is 3. The number of rotatable bonds is 5. The highest BCUT2D eigenvalue weighted by Crippen LogP contribution is 2.38. The van der Waals surface area contributed by atoms with Crippen LogP contribution in [0.3, 0.4) is 0 Å². The van der Waals surface area contributed by atoms with Crippen molar-refractivity contribution in [2.24, 2.45) is 0 Å². The summed E-state index contributed by atoms with van der Waals surface area (Å²) in [5, 5.41) is 0. The van der Waals surface area contributed by atoms with Gasteiger partial charge in [-0.05, 0) is 6.42 Å². The van der Waals surface area contributed by atoms with E-state index in [1.165, 1.54) is 12.1 Å². The summed E-state index contributed by atoms with van der Waals surface area (Å²) >= 11 is 0. The van der Waals surface area contributed by atoms with Crippen LogP contribution < -0.4 is 24.7 Å². The smallest absolute Gasteiger partial charge is 0.299 e. The predicted molar refractivity (Wildman–Crippen MR) is 67.8 cm³/mol. The van der Waals surface area contributed by atoms with E-state index in [0.29, 0.717) is 24.5 Å². The third-order valence-corrected chi connectivity index (χ3v) is 3.40. The minimum atomic E-state index is -3.61. The van der Waals surface area contributed by atoms with Gasteiger partial charge in [0.1, 0.15) is 0 Å². The molecule has 2 rings (SSSR count). The lowest BCUT2D eigenvalue weighted by Crippen LogP contribution is -2.30. The van der Waals surface area contributed by atoms with Crippen molar-refractivity contribution in [1.29, 1.82) is 0 Å². The number of ether oxygens (including phenoxy) is 2. The van der Waals surface area contributed by atoms with Gasteiger partial charge in [0.15, 0.2) is 11.5 Å². The van der Waals surface area contributed by atoms with Crippen molar-refractivity contribution >= 4 is 21.6 Å². The molecule has 1 aliphatic rings. The van der Waals surface area contributed by atoms with Crippen LogP contribution in [-0.4, -0.2) is 21.8 Å². The lowest BCUT2D eigenvalue weighted by atomic mass is 10.2. The highest BCUT2D eigenvalue weighted by atomic mass is 32.2. The first-order valence-electron chi connectivity index (χ1n) is 5.48. The minimum absolute atomic E-state index is 0.110. The zero-order valence-electron chi connectivity index (χ0n) is 9.89. The van der Waals surface area contributed by atoms with Gasteiger partial charge in [-0.1, -0.05) is 6.92 Å². The van der Waals surface area contributed by atoms with Crippen molar-refractivity contribution in [1.82, 2.24) is 4.72 Å². The first-order valence-corrected chi connectivity index (χ1v) is 6.96. The van der Waals surface area contributed by atoms with E-state index in [9.17, 15) is 8.42 Å². The Hall–Kier alpha value is -1.67. The molecule has 4 N–H and O–H groups in total. The van der Waals surface area contributed by atoms with Crippen LogP contribution in [0, 0.1) is 0 Å². The van der Waals surface area contributed by atoms with Gasteiger partial charge in [-0.2, -0.15) is 13.1 Å². The van der Waals surface area contributed by atoms with Gasteiger partial charge in [0.05, 0.1) is 11.4 Å². The van der Waals surface area contributed by atoms with E-state index < -0.39 is 10.2 Å². The van der Waals surface area contributed by atoms with E-state index >= 15 is 0 Å². The van der Waals surface area contributed by atoms with Crippen molar-refractivity contribution in [3.05, 3.63) is 12.1 Å². The maximum atomic E-state index is 11.7. The van der Waals surface area contributed by atoms with E-state index in [4.69, 9.17) is 15.2 Å². The first-order chi connectivity index (χ1) is 8.52. The number of anilines is 2. The normalized spacial score (nSPS) is 13.6. The summed E-state index contributed by atoms with van der Waals surface area (Å²) in [5.41, 5.74) is 6.28. The number of benzene rings is 1. The molecule has 100 valence electrons. The molecule has 0 amide bonds. The Morgan fingerprint density at radius 1 is 1.33 bits per heavy atom. The molecule has 0 spiro atoms. The quantitative estimate of drug-likeness (QED) is 0.684. The van der Waals surface area contributed by atoms with Crippen LogP contribution in [0.5, 0.6) is 11.5 Å². The third kappa shape index (κ3) is 2.77. The number of nitrogen functional groups attached to an aromatic ring is 1. The van der Waals surface area contributed by atoms with Crippen LogP contribution in [0.25, 0.3) is 0 Å². The van der Waals surface area contributed by atoms with E-state index in [2.05, 4.69) is 9.44 Å².